The Bertz CT molecular complexity index is 213. The SMILES string of the molecule is CCCCO[P+](=O)/C=C/COC(C)=O. The van der Waals surface area contributed by atoms with E-state index in [4.69, 9.17) is 4.52 Å². The fraction of sp³-hybridized carbons (Fsp3) is 0.667. The van der Waals surface area contributed by atoms with Gasteiger partial charge in [-0.3, -0.25) is 4.79 Å². The Labute approximate surface area is 85.1 Å². The van der Waals surface area contributed by atoms with Crippen molar-refractivity contribution in [3.8, 4) is 0 Å². The predicted molar refractivity (Wildman–Crippen MR) is 54.2 cm³/mol. The topological polar surface area (TPSA) is 52.6 Å². The Hall–Kier alpha value is -0.730. The highest BCUT2D eigenvalue weighted by Crippen LogP contribution is 2.23. The number of rotatable bonds is 7. The fourth-order valence-corrected chi connectivity index (χ4v) is 1.29. The average molecular weight is 219 g/mol. The minimum atomic E-state index is -1.74. The van der Waals surface area contributed by atoms with Gasteiger partial charge < -0.3 is 4.74 Å². The Morgan fingerprint density at radius 1 is 1.50 bits per heavy atom. The Balaban J connectivity index is 3.45. The van der Waals surface area contributed by atoms with Crippen molar-refractivity contribution >= 4 is 14.0 Å². The molecule has 0 N–H and O–H groups in total. The van der Waals surface area contributed by atoms with E-state index in [9.17, 15) is 9.36 Å². The van der Waals surface area contributed by atoms with E-state index in [1.807, 2.05) is 6.92 Å². The second kappa shape index (κ2) is 8.85. The highest BCUT2D eigenvalue weighted by molar-refractivity contribution is 7.42. The summed E-state index contributed by atoms with van der Waals surface area (Å²) in [5, 5.41) is 0. The molecule has 0 saturated heterocycles. The summed E-state index contributed by atoms with van der Waals surface area (Å²) < 4.78 is 20.6. The van der Waals surface area contributed by atoms with Crippen LogP contribution in [0.25, 0.3) is 0 Å². The summed E-state index contributed by atoms with van der Waals surface area (Å²) in [5.41, 5.74) is 0. The standard InChI is InChI=1S/C9H16O4P/c1-3-4-7-13-14(11)8-5-6-12-9(2)10/h5,8H,3-4,6-7H2,1-2H3/q+1/b8-5+. The first-order chi connectivity index (χ1) is 6.66. The quantitative estimate of drug-likeness (QED) is 0.375. The predicted octanol–water partition coefficient (Wildman–Crippen LogP) is 2.62. The van der Waals surface area contributed by atoms with Crippen molar-refractivity contribution in [3.63, 3.8) is 0 Å². The van der Waals surface area contributed by atoms with Gasteiger partial charge in [0.1, 0.15) is 13.2 Å². The third-order valence-electron chi connectivity index (χ3n) is 1.33. The molecule has 0 heterocycles. The summed E-state index contributed by atoms with van der Waals surface area (Å²) >= 11 is 0. The molecule has 14 heavy (non-hydrogen) atoms. The van der Waals surface area contributed by atoms with E-state index in [1.165, 1.54) is 18.8 Å². The molecule has 0 aliphatic carbocycles. The van der Waals surface area contributed by atoms with Crippen molar-refractivity contribution in [1.82, 2.24) is 0 Å². The maximum atomic E-state index is 11.1. The van der Waals surface area contributed by atoms with E-state index in [-0.39, 0.29) is 12.6 Å². The molecule has 0 bridgehead atoms. The lowest BCUT2D eigenvalue weighted by Gasteiger charge is -1.91. The molecule has 0 fully saturated rings. The molecule has 0 amide bonds. The number of ether oxygens (including phenoxy) is 1. The van der Waals surface area contributed by atoms with Crippen molar-refractivity contribution < 1.29 is 18.6 Å². The first-order valence-electron chi connectivity index (χ1n) is 4.56. The molecule has 5 heteroatoms. The third-order valence-corrected chi connectivity index (χ3v) is 2.22. The smallest absolute Gasteiger partial charge is 0.461 e. The number of carbonyl (C=O) groups excluding carboxylic acids is 1. The highest BCUT2D eigenvalue weighted by Gasteiger charge is 2.10. The van der Waals surface area contributed by atoms with Crippen molar-refractivity contribution in [1.29, 1.82) is 0 Å². The van der Waals surface area contributed by atoms with Gasteiger partial charge in [0.15, 0.2) is 5.82 Å². The molecule has 0 aromatic rings. The maximum Gasteiger partial charge on any atom is 0.540 e. The number of hydrogen-bond acceptors (Lipinski definition) is 4. The zero-order valence-electron chi connectivity index (χ0n) is 8.56. The highest BCUT2D eigenvalue weighted by atomic mass is 31.1. The number of unbranched alkanes of at least 4 members (excludes halogenated alkanes) is 1. The van der Waals surface area contributed by atoms with E-state index in [1.54, 1.807) is 0 Å². The minimum Gasteiger partial charge on any atom is -0.461 e. The summed E-state index contributed by atoms with van der Waals surface area (Å²) in [4.78, 5) is 10.3. The van der Waals surface area contributed by atoms with E-state index < -0.39 is 8.03 Å². The van der Waals surface area contributed by atoms with Gasteiger partial charge >= 0.3 is 14.0 Å². The van der Waals surface area contributed by atoms with Crippen molar-refractivity contribution in [2.75, 3.05) is 13.2 Å². The van der Waals surface area contributed by atoms with Crippen LogP contribution in [0.3, 0.4) is 0 Å². The van der Waals surface area contributed by atoms with E-state index >= 15 is 0 Å². The molecule has 0 rings (SSSR count). The summed E-state index contributed by atoms with van der Waals surface area (Å²) in [5.74, 6) is 1.06. The van der Waals surface area contributed by atoms with E-state index in [0.29, 0.717) is 6.61 Å². The molecule has 0 aliphatic heterocycles. The van der Waals surface area contributed by atoms with Crippen LogP contribution in [0.4, 0.5) is 0 Å². The number of hydrogen-bond donors (Lipinski definition) is 0. The van der Waals surface area contributed by atoms with Crippen LogP contribution < -0.4 is 0 Å². The molecular formula is C9H16O4P+. The van der Waals surface area contributed by atoms with Gasteiger partial charge in [0.25, 0.3) is 0 Å². The van der Waals surface area contributed by atoms with Gasteiger partial charge in [-0.25, -0.2) is 0 Å². The first-order valence-corrected chi connectivity index (χ1v) is 5.80. The van der Waals surface area contributed by atoms with Crippen LogP contribution in [-0.2, 0) is 18.6 Å². The molecule has 0 aromatic heterocycles. The normalized spacial score (nSPS) is 11.7. The maximum absolute atomic E-state index is 11.1. The number of carbonyl (C=O) groups is 1. The lowest BCUT2D eigenvalue weighted by atomic mass is 10.4. The van der Waals surface area contributed by atoms with Gasteiger partial charge in [0.2, 0.25) is 0 Å². The molecule has 0 spiro atoms. The van der Waals surface area contributed by atoms with Gasteiger partial charge in [-0.1, -0.05) is 13.3 Å². The van der Waals surface area contributed by atoms with Crippen molar-refractivity contribution in [2.45, 2.75) is 26.7 Å². The molecule has 4 nitrogen and oxygen atoms in total. The number of esters is 1. The van der Waals surface area contributed by atoms with Gasteiger partial charge in [0, 0.05) is 13.0 Å². The summed E-state index contributed by atoms with van der Waals surface area (Å²) in [6.45, 7) is 4.01. The second-order valence-corrected chi connectivity index (χ2v) is 3.79. The van der Waals surface area contributed by atoms with Crippen LogP contribution in [0.2, 0.25) is 0 Å². The van der Waals surface area contributed by atoms with Crippen molar-refractivity contribution in [3.05, 3.63) is 11.9 Å². The van der Waals surface area contributed by atoms with Gasteiger partial charge in [0.05, 0.1) is 0 Å². The summed E-state index contributed by atoms with van der Waals surface area (Å²) in [6, 6.07) is 0. The lowest BCUT2D eigenvalue weighted by molar-refractivity contribution is -0.139. The van der Waals surface area contributed by atoms with Crippen LogP contribution in [0.5, 0.6) is 0 Å². The third kappa shape index (κ3) is 9.36. The van der Waals surface area contributed by atoms with Crippen LogP contribution in [-0.4, -0.2) is 19.2 Å². The molecular weight excluding hydrogens is 203 g/mol. The zero-order chi connectivity index (χ0) is 10.8. The molecule has 0 radical (unpaired) electrons. The monoisotopic (exact) mass is 219 g/mol. The second-order valence-electron chi connectivity index (χ2n) is 2.66. The Morgan fingerprint density at radius 2 is 2.21 bits per heavy atom. The van der Waals surface area contributed by atoms with Gasteiger partial charge in [-0.15, -0.1) is 4.52 Å². The molecule has 0 saturated carbocycles. The molecule has 1 unspecified atom stereocenters. The minimum absolute atomic E-state index is 0.146. The largest absolute Gasteiger partial charge is 0.540 e. The summed E-state index contributed by atoms with van der Waals surface area (Å²) in [7, 11) is -1.74. The molecule has 0 aliphatic rings. The average Bonchev–Trinajstić information content (AvgIpc) is 2.13. The molecule has 0 aromatic carbocycles. The van der Waals surface area contributed by atoms with Crippen LogP contribution >= 0.6 is 8.03 Å². The van der Waals surface area contributed by atoms with Gasteiger partial charge in [-0.05, 0) is 11.0 Å². The molecule has 80 valence electrons. The first kappa shape index (κ1) is 13.3. The van der Waals surface area contributed by atoms with E-state index in [2.05, 4.69) is 4.74 Å². The molecule has 1 atom stereocenters. The zero-order valence-corrected chi connectivity index (χ0v) is 9.46. The van der Waals surface area contributed by atoms with Crippen molar-refractivity contribution in [2.24, 2.45) is 0 Å². The van der Waals surface area contributed by atoms with Crippen LogP contribution in [0.15, 0.2) is 11.9 Å². The lowest BCUT2D eigenvalue weighted by Crippen LogP contribution is -1.97. The van der Waals surface area contributed by atoms with Gasteiger partial charge in [-0.2, -0.15) is 0 Å². The van der Waals surface area contributed by atoms with Crippen LogP contribution in [0.1, 0.15) is 26.7 Å². The Kier molecular flexibility index (Phi) is 8.39. The Morgan fingerprint density at radius 3 is 2.79 bits per heavy atom. The fourth-order valence-electron chi connectivity index (χ4n) is 0.636. The van der Waals surface area contributed by atoms with Crippen LogP contribution in [0, 0.1) is 0 Å². The summed E-state index contributed by atoms with van der Waals surface area (Å²) in [6.07, 6.45) is 3.44. The van der Waals surface area contributed by atoms with E-state index in [0.717, 1.165) is 12.8 Å².